The van der Waals surface area contributed by atoms with Gasteiger partial charge in [-0.25, -0.2) is 0 Å². The number of carbonyl (C=O) groups excluding carboxylic acids is 1. The van der Waals surface area contributed by atoms with E-state index in [1.165, 1.54) is 0 Å². The third-order valence-electron chi connectivity index (χ3n) is 3.39. The van der Waals surface area contributed by atoms with E-state index in [9.17, 15) is 4.79 Å². The minimum atomic E-state index is 0.00950. The molecular formula is C15H21ClN2O2. The molecule has 5 heteroatoms. The molecule has 2 rings (SSSR count). The van der Waals surface area contributed by atoms with Crippen LogP contribution in [0.1, 0.15) is 24.8 Å². The highest BCUT2D eigenvalue weighted by molar-refractivity contribution is 6.30. The van der Waals surface area contributed by atoms with Crippen molar-refractivity contribution in [3.63, 3.8) is 0 Å². The molecule has 0 aromatic heterocycles. The average Bonchev–Trinajstić information content (AvgIpc) is 2.91. The van der Waals surface area contributed by atoms with Crippen molar-refractivity contribution in [1.82, 2.24) is 5.32 Å². The number of ether oxygens (including phenoxy) is 1. The fourth-order valence-electron chi connectivity index (χ4n) is 2.25. The Morgan fingerprint density at radius 2 is 2.35 bits per heavy atom. The van der Waals surface area contributed by atoms with Gasteiger partial charge in [-0.2, -0.15) is 0 Å². The smallest absolute Gasteiger partial charge is 0.225 e. The maximum Gasteiger partial charge on any atom is 0.225 e. The zero-order valence-electron chi connectivity index (χ0n) is 11.7. The van der Waals surface area contributed by atoms with Gasteiger partial charge in [0.15, 0.2) is 0 Å². The molecular weight excluding hydrogens is 276 g/mol. The number of rotatable bonds is 6. The largest absolute Gasteiger partial charge is 0.377 e. The van der Waals surface area contributed by atoms with Crippen LogP contribution in [-0.4, -0.2) is 31.7 Å². The molecule has 1 aliphatic heterocycles. The van der Waals surface area contributed by atoms with Gasteiger partial charge in [-0.1, -0.05) is 11.6 Å². The van der Waals surface area contributed by atoms with Crippen molar-refractivity contribution < 1.29 is 9.53 Å². The van der Waals surface area contributed by atoms with Crippen LogP contribution in [0.15, 0.2) is 18.2 Å². The first-order chi connectivity index (χ1) is 9.65. The molecule has 1 saturated heterocycles. The summed E-state index contributed by atoms with van der Waals surface area (Å²) in [6.45, 7) is 4.28. The van der Waals surface area contributed by atoms with Crippen LogP contribution in [0, 0.1) is 6.92 Å². The van der Waals surface area contributed by atoms with Crippen molar-refractivity contribution in [3.05, 3.63) is 28.8 Å². The molecule has 1 fully saturated rings. The summed E-state index contributed by atoms with van der Waals surface area (Å²) in [4.78, 5) is 11.8. The maximum absolute atomic E-state index is 11.8. The summed E-state index contributed by atoms with van der Waals surface area (Å²) in [6, 6.07) is 5.45. The first-order valence-corrected chi connectivity index (χ1v) is 7.41. The second kappa shape index (κ2) is 7.62. The highest BCUT2D eigenvalue weighted by atomic mass is 35.5. The van der Waals surface area contributed by atoms with E-state index in [2.05, 4.69) is 10.6 Å². The topological polar surface area (TPSA) is 50.4 Å². The number of carbonyl (C=O) groups is 1. The van der Waals surface area contributed by atoms with Crippen LogP contribution in [0.3, 0.4) is 0 Å². The van der Waals surface area contributed by atoms with Gasteiger partial charge in [0.05, 0.1) is 6.10 Å². The highest BCUT2D eigenvalue weighted by Gasteiger charge is 2.14. The Morgan fingerprint density at radius 1 is 1.50 bits per heavy atom. The Kier molecular flexibility index (Phi) is 5.83. The maximum atomic E-state index is 11.8. The summed E-state index contributed by atoms with van der Waals surface area (Å²) in [5.74, 6) is 0.00950. The minimum absolute atomic E-state index is 0.00950. The van der Waals surface area contributed by atoms with Crippen molar-refractivity contribution >= 4 is 23.2 Å². The standard InChI is InChI=1S/C15H21ClN2O2/c1-11-9-12(16)4-5-14(11)18-15(19)6-7-17-10-13-3-2-8-20-13/h4-5,9,13,17H,2-3,6-8,10H2,1H3,(H,18,19). The Labute approximate surface area is 124 Å². The van der Waals surface area contributed by atoms with Crippen LogP contribution >= 0.6 is 11.6 Å². The molecule has 0 saturated carbocycles. The average molecular weight is 297 g/mol. The summed E-state index contributed by atoms with van der Waals surface area (Å²) >= 11 is 5.88. The molecule has 1 unspecified atom stereocenters. The number of nitrogens with one attached hydrogen (secondary N) is 2. The van der Waals surface area contributed by atoms with Gasteiger partial charge >= 0.3 is 0 Å². The van der Waals surface area contributed by atoms with E-state index in [-0.39, 0.29) is 5.91 Å². The molecule has 1 aromatic carbocycles. The first-order valence-electron chi connectivity index (χ1n) is 7.03. The summed E-state index contributed by atoms with van der Waals surface area (Å²) in [5, 5.41) is 6.84. The molecule has 1 atom stereocenters. The summed E-state index contributed by atoms with van der Waals surface area (Å²) < 4.78 is 5.51. The first kappa shape index (κ1) is 15.3. The monoisotopic (exact) mass is 296 g/mol. The Balaban J connectivity index is 1.67. The Bertz CT molecular complexity index is 459. The zero-order chi connectivity index (χ0) is 14.4. The third kappa shape index (κ3) is 4.78. The predicted molar refractivity (Wildman–Crippen MR) is 81.3 cm³/mol. The lowest BCUT2D eigenvalue weighted by Crippen LogP contribution is -2.29. The molecule has 0 bridgehead atoms. The van der Waals surface area contributed by atoms with E-state index in [4.69, 9.17) is 16.3 Å². The van der Waals surface area contributed by atoms with Gasteiger partial charge in [-0.05, 0) is 43.5 Å². The van der Waals surface area contributed by atoms with Gasteiger partial charge in [0.1, 0.15) is 0 Å². The molecule has 0 spiro atoms. The fourth-order valence-corrected chi connectivity index (χ4v) is 2.48. The molecule has 1 aromatic rings. The second-order valence-corrected chi connectivity index (χ2v) is 5.53. The lowest BCUT2D eigenvalue weighted by Gasteiger charge is -2.11. The Hall–Kier alpha value is -1.10. The van der Waals surface area contributed by atoms with Crippen LogP contribution in [0.4, 0.5) is 5.69 Å². The SMILES string of the molecule is Cc1cc(Cl)ccc1NC(=O)CCNCC1CCCO1. The van der Waals surface area contributed by atoms with E-state index in [1.807, 2.05) is 19.1 Å². The van der Waals surface area contributed by atoms with Crippen molar-refractivity contribution in [1.29, 1.82) is 0 Å². The number of benzene rings is 1. The van der Waals surface area contributed by atoms with Crippen molar-refractivity contribution in [2.24, 2.45) is 0 Å². The van der Waals surface area contributed by atoms with Crippen LogP contribution in [0.2, 0.25) is 5.02 Å². The quantitative estimate of drug-likeness (QED) is 0.794. The van der Waals surface area contributed by atoms with Crippen molar-refractivity contribution in [2.45, 2.75) is 32.3 Å². The molecule has 4 nitrogen and oxygen atoms in total. The number of anilines is 1. The fraction of sp³-hybridized carbons (Fsp3) is 0.533. The van der Waals surface area contributed by atoms with Crippen LogP contribution in [0.25, 0.3) is 0 Å². The summed E-state index contributed by atoms with van der Waals surface area (Å²) in [6.07, 6.45) is 3.03. The van der Waals surface area contributed by atoms with E-state index in [0.29, 0.717) is 24.1 Å². The van der Waals surface area contributed by atoms with Crippen molar-refractivity contribution in [3.8, 4) is 0 Å². The highest BCUT2D eigenvalue weighted by Crippen LogP contribution is 2.19. The number of halogens is 1. The second-order valence-electron chi connectivity index (χ2n) is 5.10. The van der Waals surface area contributed by atoms with E-state index >= 15 is 0 Å². The number of amides is 1. The zero-order valence-corrected chi connectivity index (χ0v) is 12.5. The van der Waals surface area contributed by atoms with Gasteiger partial charge in [-0.15, -0.1) is 0 Å². The number of hydrogen-bond donors (Lipinski definition) is 2. The molecule has 20 heavy (non-hydrogen) atoms. The van der Waals surface area contributed by atoms with Gasteiger partial charge < -0.3 is 15.4 Å². The Morgan fingerprint density at radius 3 is 3.05 bits per heavy atom. The number of hydrogen-bond acceptors (Lipinski definition) is 3. The summed E-state index contributed by atoms with van der Waals surface area (Å²) in [5.41, 5.74) is 1.79. The summed E-state index contributed by atoms with van der Waals surface area (Å²) in [7, 11) is 0. The molecule has 2 N–H and O–H groups in total. The van der Waals surface area contributed by atoms with E-state index in [0.717, 1.165) is 37.2 Å². The van der Waals surface area contributed by atoms with E-state index < -0.39 is 0 Å². The van der Waals surface area contributed by atoms with Gasteiger partial charge in [0.2, 0.25) is 5.91 Å². The van der Waals surface area contributed by atoms with Gasteiger partial charge in [0, 0.05) is 36.8 Å². The lowest BCUT2D eigenvalue weighted by atomic mass is 10.2. The molecule has 1 aliphatic rings. The van der Waals surface area contributed by atoms with Crippen molar-refractivity contribution in [2.75, 3.05) is 25.0 Å². The van der Waals surface area contributed by atoms with Gasteiger partial charge in [-0.3, -0.25) is 4.79 Å². The molecule has 0 radical (unpaired) electrons. The van der Waals surface area contributed by atoms with Crippen LogP contribution < -0.4 is 10.6 Å². The van der Waals surface area contributed by atoms with Gasteiger partial charge in [0.25, 0.3) is 0 Å². The predicted octanol–water partition coefficient (Wildman–Crippen LogP) is 2.75. The molecule has 0 aliphatic carbocycles. The molecule has 110 valence electrons. The number of aryl methyl sites for hydroxylation is 1. The third-order valence-corrected chi connectivity index (χ3v) is 3.62. The lowest BCUT2D eigenvalue weighted by molar-refractivity contribution is -0.116. The van der Waals surface area contributed by atoms with E-state index in [1.54, 1.807) is 6.07 Å². The minimum Gasteiger partial charge on any atom is -0.377 e. The molecule has 1 heterocycles. The van der Waals surface area contributed by atoms with Crippen LogP contribution in [-0.2, 0) is 9.53 Å². The van der Waals surface area contributed by atoms with Crippen LogP contribution in [0.5, 0.6) is 0 Å². The normalized spacial score (nSPS) is 18.2. The molecule has 1 amide bonds.